The lowest BCUT2D eigenvalue weighted by atomic mass is 9.91. The van der Waals surface area contributed by atoms with Crippen molar-refractivity contribution in [2.75, 3.05) is 31.1 Å². The Kier molecular flexibility index (Phi) is 5.96. The minimum absolute atomic E-state index is 0.0519. The van der Waals surface area contributed by atoms with E-state index in [2.05, 4.69) is 46.4 Å². The summed E-state index contributed by atoms with van der Waals surface area (Å²) in [7, 11) is -3.78. The third kappa shape index (κ3) is 4.13. The molecular formula is C24H27IN4O4S. The number of ketones is 1. The van der Waals surface area contributed by atoms with Gasteiger partial charge in [0, 0.05) is 30.7 Å². The first kappa shape index (κ1) is 23.7. The Morgan fingerprint density at radius 1 is 1.24 bits per heavy atom. The number of sulfonamides is 1. The number of benzene rings is 1. The Morgan fingerprint density at radius 2 is 2.03 bits per heavy atom. The first-order chi connectivity index (χ1) is 16.1. The molecule has 1 atom stereocenters. The van der Waals surface area contributed by atoms with E-state index in [0.29, 0.717) is 36.8 Å². The van der Waals surface area contributed by atoms with Crippen molar-refractivity contribution in [2.45, 2.75) is 44.6 Å². The molecule has 10 heteroatoms. The van der Waals surface area contributed by atoms with Crippen LogP contribution in [0, 0.1) is 16.0 Å². The van der Waals surface area contributed by atoms with Gasteiger partial charge in [0.05, 0.1) is 22.2 Å². The van der Waals surface area contributed by atoms with Crippen molar-refractivity contribution in [2.24, 2.45) is 10.4 Å². The smallest absolute Gasteiger partial charge is 0.243 e. The Balaban J connectivity index is 1.39. The third-order valence-electron chi connectivity index (χ3n) is 6.52. The fourth-order valence-corrected chi connectivity index (χ4v) is 7.19. The third-order valence-corrected chi connectivity index (χ3v) is 9.24. The second-order valence-electron chi connectivity index (χ2n) is 9.86. The highest BCUT2D eigenvalue weighted by atomic mass is 127. The van der Waals surface area contributed by atoms with E-state index in [9.17, 15) is 13.2 Å². The van der Waals surface area contributed by atoms with Crippen LogP contribution in [0.3, 0.4) is 0 Å². The molecule has 0 N–H and O–H groups in total. The maximum atomic E-state index is 13.6. The number of fused-ring (bicyclic) bond motifs is 3. The van der Waals surface area contributed by atoms with Crippen LogP contribution in [0.4, 0.5) is 5.69 Å². The predicted octanol–water partition coefficient (Wildman–Crippen LogP) is 3.67. The van der Waals surface area contributed by atoms with Gasteiger partial charge in [-0.3, -0.25) is 9.79 Å². The van der Waals surface area contributed by atoms with E-state index in [4.69, 9.17) is 4.74 Å². The number of carbonyl (C=O) groups is 1. The summed E-state index contributed by atoms with van der Waals surface area (Å²) in [6.07, 6.45) is 1.48. The minimum atomic E-state index is -3.78. The topological polar surface area (TPSA) is 92.2 Å². The molecule has 0 spiro atoms. The van der Waals surface area contributed by atoms with E-state index in [1.54, 1.807) is 12.1 Å². The lowest BCUT2D eigenvalue weighted by Crippen LogP contribution is -2.44. The lowest BCUT2D eigenvalue weighted by Gasteiger charge is -2.34. The molecule has 8 nitrogen and oxygen atoms in total. The lowest BCUT2D eigenvalue weighted by molar-refractivity contribution is 0.106. The zero-order chi connectivity index (χ0) is 24.3. The quantitative estimate of drug-likeness (QED) is 0.388. The largest absolute Gasteiger partial charge is 0.489 e. The average Bonchev–Trinajstić information content (AvgIpc) is 3.36. The van der Waals surface area contributed by atoms with Crippen LogP contribution in [-0.2, 0) is 10.0 Å². The molecule has 34 heavy (non-hydrogen) atoms. The van der Waals surface area contributed by atoms with Crippen LogP contribution in [0.2, 0.25) is 0 Å². The van der Waals surface area contributed by atoms with Gasteiger partial charge in [0.15, 0.2) is 11.6 Å². The number of aryl methyl sites for hydroxylation is 1. The highest BCUT2D eigenvalue weighted by molar-refractivity contribution is 14.1. The van der Waals surface area contributed by atoms with Gasteiger partial charge in [-0.1, -0.05) is 13.8 Å². The van der Waals surface area contributed by atoms with Crippen LogP contribution in [-0.4, -0.2) is 61.6 Å². The molecule has 1 fully saturated rings. The molecule has 1 saturated heterocycles. The number of hydrogen-bond acceptors (Lipinski definition) is 7. The van der Waals surface area contributed by atoms with Gasteiger partial charge in [0.25, 0.3) is 0 Å². The first-order valence-electron chi connectivity index (χ1n) is 11.4. The van der Waals surface area contributed by atoms with Gasteiger partial charge in [0.2, 0.25) is 15.8 Å². The second kappa shape index (κ2) is 8.56. The molecule has 3 aliphatic heterocycles. The van der Waals surface area contributed by atoms with Gasteiger partial charge < -0.3 is 9.64 Å². The molecule has 1 aromatic heterocycles. The summed E-state index contributed by atoms with van der Waals surface area (Å²) < 4.78 is 35.4. The van der Waals surface area contributed by atoms with E-state index in [-0.39, 0.29) is 28.7 Å². The molecule has 4 heterocycles. The zero-order valence-electron chi connectivity index (χ0n) is 19.4. The Labute approximate surface area is 213 Å². The number of hydrogen-bond donors (Lipinski definition) is 0. The zero-order valence-corrected chi connectivity index (χ0v) is 22.4. The fraction of sp³-hybridized carbons (Fsp3) is 0.458. The molecule has 2 aromatic rings. The van der Waals surface area contributed by atoms with Crippen LogP contribution in [0.5, 0.6) is 5.75 Å². The second-order valence-corrected chi connectivity index (χ2v) is 12.8. The molecule has 180 valence electrons. The van der Waals surface area contributed by atoms with Crippen molar-refractivity contribution in [1.82, 2.24) is 9.29 Å². The van der Waals surface area contributed by atoms with Crippen LogP contribution < -0.4 is 9.64 Å². The molecule has 0 amide bonds. The molecule has 0 unspecified atom stereocenters. The highest BCUT2D eigenvalue weighted by Gasteiger charge is 2.42. The number of pyridine rings is 1. The van der Waals surface area contributed by atoms with Crippen molar-refractivity contribution in [3.8, 4) is 5.75 Å². The number of ether oxygens (including phenoxy) is 1. The molecular weight excluding hydrogens is 567 g/mol. The number of aromatic nitrogens is 1. The van der Waals surface area contributed by atoms with Crippen LogP contribution >= 0.6 is 22.6 Å². The number of carbonyl (C=O) groups excluding carboxylic acids is 1. The monoisotopic (exact) mass is 594 g/mol. The number of Topliss-reactive ketones (excluding diaryl/α,β-unsaturated/α-hetero) is 1. The summed E-state index contributed by atoms with van der Waals surface area (Å²) in [6.45, 7) is 8.07. The Morgan fingerprint density at radius 3 is 2.79 bits per heavy atom. The number of anilines is 1. The van der Waals surface area contributed by atoms with E-state index >= 15 is 0 Å². The van der Waals surface area contributed by atoms with Gasteiger partial charge in [-0.05, 0) is 72.7 Å². The Hall–Kier alpha value is -2.05. The number of amidine groups is 1. The normalized spacial score (nSPS) is 21.9. The van der Waals surface area contributed by atoms with Gasteiger partial charge in [-0.25, -0.2) is 13.4 Å². The van der Waals surface area contributed by atoms with Crippen LogP contribution in [0.15, 0.2) is 40.2 Å². The summed E-state index contributed by atoms with van der Waals surface area (Å²) in [4.78, 5) is 24.0. The molecule has 1 aromatic carbocycles. The van der Waals surface area contributed by atoms with Gasteiger partial charge in [-0.15, -0.1) is 0 Å². The number of nitrogens with zero attached hydrogens (tertiary/aromatic N) is 4. The SMILES string of the molecule is Cc1ccc(OC[C@@H]2CCCN2S(=O)(=O)c2ccc3c(c2)C(=O)C2=NCC(C)(C)CN23)c(I)n1. The van der Waals surface area contributed by atoms with Gasteiger partial charge >= 0.3 is 0 Å². The van der Waals surface area contributed by atoms with Crippen LogP contribution in [0.1, 0.15) is 42.7 Å². The average molecular weight is 594 g/mol. The first-order valence-corrected chi connectivity index (χ1v) is 13.9. The minimum Gasteiger partial charge on any atom is -0.489 e. The summed E-state index contributed by atoms with van der Waals surface area (Å²) >= 11 is 2.12. The fourth-order valence-electron chi connectivity index (χ4n) is 4.77. The molecule has 0 radical (unpaired) electrons. The highest BCUT2D eigenvalue weighted by Crippen LogP contribution is 2.38. The van der Waals surface area contributed by atoms with Gasteiger partial charge in [0.1, 0.15) is 10.3 Å². The standard InChI is InChI=1S/C24H27IN4O4S/c1-15-6-9-20(22(25)27-15)33-12-16-5-4-10-29(16)34(31,32)17-7-8-19-18(11-17)21(30)23-26-13-24(2,3)14-28(19)23/h6-9,11,16H,4-5,10,12-14H2,1-3H3/t16-/m0/s1. The molecule has 0 bridgehead atoms. The van der Waals surface area contributed by atoms with E-state index < -0.39 is 10.0 Å². The van der Waals surface area contributed by atoms with E-state index in [0.717, 1.165) is 27.9 Å². The van der Waals surface area contributed by atoms with Crippen molar-refractivity contribution < 1.29 is 17.9 Å². The van der Waals surface area contributed by atoms with E-state index in [1.807, 2.05) is 24.0 Å². The maximum Gasteiger partial charge on any atom is 0.243 e. The van der Waals surface area contributed by atoms with Crippen molar-refractivity contribution in [1.29, 1.82) is 0 Å². The molecule has 3 aliphatic rings. The summed E-state index contributed by atoms with van der Waals surface area (Å²) in [5.74, 6) is 0.863. The van der Waals surface area contributed by atoms with Crippen LogP contribution in [0.25, 0.3) is 0 Å². The van der Waals surface area contributed by atoms with Crippen molar-refractivity contribution in [3.05, 3.63) is 45.3 Å². The predicted molar refractivity (Wildman–Crippen MR) is 138 cm³/mol. The number of halogens is 1. The summed E-state index contributed by atoms with van der Waals surface area (Å²) in [5, 5.41) is 0. The van der Waals surface area contributed by atoms with Crippen molar-refractivity contribution >= 4 is 49.9 Å². The summed E-state index contributed by atoms with van der Waals surface area (Å²) in [5.41, 5.74) is 1.99. The number of aliphatic imine (C=N–C) groups is 1. The number of rotatable bonds is 5. The summed E-state index contributed by atoms with van der Waals surface area (Å²) in [6, 6.07) is 8.33. The van der Waals surface area contributed by atoms with E-state index in [1.165, 1.54) is 10.4 Å². The van der Waals surface area contributed by atoms with Crippen molar-refractivity contribution in [3.63, 3.8) is 0 Å². The molecule has 0 aliphatic carbocycles. The van der Waals surface area contributed by atoms with Gasteiger partial charge in [-0.2, -0.15) is 4.31 Å². The molecule has 0 saturated carbocycles. The maximum absolute atomic E-state index is 13.6. The molecule has 5 rings (SSSR count). The Bertz CT molecular complexity index is 1310.